The van der Waals surface area contributed by atoms with Gasteiger partial charge in [0.1, 0.15) is 5.54 Å². The summed E-state index contributed by atoms with van der Waals surface area (Å²) in [4.78, 5) is 37.2. The molecule has 2 aliphatic rings. The Morgan fingerprint density at radius 2 is 1.95 bits per heavy atom. The Morgan fingerprint density at radius 1 is 1.35 bits per heavy atom. The van der Waals surface area contributed by atoms with E-state index in [1.165, 1.54) is 12.2 Å². The van der Waals surface area contributed by atoms with Crippen LogP contribution in [0.5, 0.6) is 0 Å². The maximum absolute atomic E-state index is 12.2. The lowest BCUT2D eigenvalue weighted by Gasteiger charge is -2.54. The third-order valence-electron chi connectivity index (χ3n) is 3.54. The minimum absolute atomic E-state index is 0.137. The number of carbonyl (C=O) groups is 3. The molecule has 0 aromatic carbocycles. The molecular weight excluding hydrogens is 258 g/mol. The van der Waals surface area contributed by atoms with E-state index in [9.17, 15) is 14.4 Å². The molecule has 5 nitrogen and oxygen atoms in total. The highest BCUT2D eigenvalue weighted by Gasteiger charge is 2.62. The van der Waals surface area contributed by atoms with E-state index < -0.39 is 17.4 Å². The van der Waals surface area contributed by atoms with Crippen molar-refractivity contribution in [3.8, 4) is 0 Å². The first-order chi connectivity index (χ1) is 9.42. The molecule has 0 N–H and O–H groups in total. The van der Waals surface area contributed by atoms with Gasteiger partial charge in [-0.05, 0) is 37.1 Å². The molecule has 0 radical (unpaired) electrons. The molecule has 1 spiro atoms. The van der Waals surface area contributed by atoms with E-state index in [2.05, 4.69) is 0 Å². The van der Waals surface area contributed by atoms with E-state index in [1.54, 1.807) is 24.0 Å². The largest absolute Gasteiger partial charge is 0.465 e. The van der Waals surface area contributed by atoms with E-state index in [0.717, 1.165) is 0 Å². The summed E-state index contributed by atoms with van der Waals surface area (Å²) in [6.07, 6.45) is 6.10. The van der Waals surface area contributed by atoms with Crippen LogP contribution in [0.25, 0.3) is 0 Å². The van der Waals surface area contributed by atoms with Crippen molar-refractivity contribution in [2.75, 3.05) is 13.2 Å². The van der Waals surface area contributed by atoms with Crippen LogP contribution in [0.1, 0.15) is 20.8 Å². The molecule has 1 heterocycles. The van der Waals surface area contributed by atoms with Crippen molar-refractivity contribution in [2.24, 2.45) is 11.8 Å². The summed E-state index contributed by atoms with van der Waals surface area (Å²) >= 11 is 0. The lowest BCUT2D eigenvalue weighted by Crippen LogP contribution is -2.72. The fourth-order valence-corrected chi connectivity index (χ4v) is 2.68. The van der Waals surface area contributed by atoms with Gasteiger partial charge >= 0.3 is 5.97 Å². The molecule has 1 saturated heterocycles. The zero-order valence-electron chi connectivity index (χ0n) is 12.0. The average molecular weight is 277 g/mol. The van der Waals surface area contributed by atoms with Crippen LogP contribution in [-0.4, -0.2) is 41.3 Å². The summed E-state index contributed by atoms with van der Waals surface area (Å²) in [5.74, 6) is -1.50. The fraction of sp³-hybridized carbons (Fsp3) is 0.533. The average Bonchev–Trinajstić information content (AvgIpc) is 2.39. The van der Waals surface area contributed by atoms with E-state index in [-0.39, 0.29) is 24.2 Å². The van der Waals surface area contributed by atoms with Crippen LogP contribution in [0.2, 0.25) is 0 Å². The fourth-order valence-electron chi connectivity index (χ4n) is 2.68. The second-order valence-electron chi connectivity index (χ2n) is 5.48. The monoisotopic (exact) mass is 277 g/mol. The molecule has 0 bridgehead atoms. The van der Waals surface area contributed by atoms with E-state index in [0.29, 0.717) is 6.54 Å². The Labute approximate surface area is 118 Å². The van der Waals surface area contributed by atoms with Crippen molar-refractivity contribution >= 4 is 17.7 Å². The summed E-state index contributed by atoms with van der Waals surface area (Å²) in [5, 5.41) is 0. The Kier molecular flexibility index (Phi) is 3.79. The number of ketones is 1. The number of hydrogen-bond donors (Lipinski definition) is 0. The molecule has 5 heteroatoms. The van der Waals surface area contributed by atoms with Crippen LogP contribution in [0.15, 0.2) is 24.3 Å². The minimum Gasteiger partial charge on any atom is -0.465 e. The summed E-state index contributed by atoms with van der Waals surface area (Å²) in [5.41, 5.74) is -0.832. The SMILES string of the molecule is CCOC(=O)[C@H]1C(=O)N(CC(C)C)C12C=CC(=O)C=C2. The zero-order chi connectivity index (χ0) is 14.9. The van der Waals surface area contributed by atoms with Crippen molar-refractivity contribution < 1.29 is 19.1 Å². The lowest BCUT2D eigenvalue weighted by atomic mass is 9.70. The molecule has 1 aliphatic carbocycles. The molecule has 1 atom stereocenters. The number of rotatable bonds is 4. The van der Waals surface area contributed by atoms with Crippen molar-refractivity contribution in [3.63, 3.8) is 0 Å². The second-order valence-corrected chi connectivity index (χ2v) is 5.48. The minimum atomic E-state index is -0.873. The Morgan fingerprint density at radius 3 is 2.45 bits per heavy atom. The third kappa shape index (κ3) is 2.17. The van der Waals surface area contributed by atoms with Gasteiger partial charge < -0.3 is 9.64 Å². The van der Waals surface area contributed by atoms with Gasteiger partial charge in [0.15, 0.2) is 11.7 Å². The quantitative estimate of drug-likeness (QED) is 0.438. The van der Waals surface area contributed by atoms with Gasteiger partial charge in [0.05, 0.1) is 6.61 Å². The van der Waals surface area contributed by atoms with Gasteiger partial charge in [-0.2, -0.15) is 0 Å². The first-order valence-corrected chi connectivity index (χ1v) is 6.83. The molecule has 0 aromatic rings. The van der Waals surface area contributed by atoms with E-state index >= 15 is 0 Å². The molecular formula is C15H19NO4. The number of carbonyl (C=O) groups excluding carboxylic acids is 3. The molecule has 0 saturated carbocycles. The Hall–Kier alpha value is -1.91. The molecule has 1 fully saturated rings. The number of likely N-dealkylation sites (tertiary alicyclic amines) is 1. The van der Waals surface area contributed by atoms with Gasteiger partial charge in [-0.3, -0.25) is 14.4 Å². The maximum Gasteiger partial charge on any atom is 0.321 e. The lowest BCUT2D eigenvalue weighted by molar-refractivity contribution is -0.177. The number of esters is 1. The highest BCUT2D eigenvalue weighted by molar-refractivity contribution is 6.09. The van der Waals surface area contributed by atoms with Crippen LogP contribution in [0.3, 0.4) is 0 Å². The predicted molar refractivity (Wildman–Crippen MR) is 72.7 cm³/mol. The first-order valence-electron chi connectivity index (χ1n) is 6.83. The summed E-state index contributed by atoms with van der Waals surface area (Å²) in [6.45, 7) is 6.47. The van der Waals surface area contributed by atoms with Gasteiger partial charge in [0.2, 0.25) is 5.91 Å². The normalized spacial score (nSPS) is 23.4. The van der Waals surface area contributed by atoms with Gasteiger partial charge in [-0.15, -0.1) is 0 Å². The molecule has 0 aromatic heterocycles. The van der Waals surface area contributed by atoms with Gasteiger partial charge in [0, 0.05) is 6.54 Å². The van der Waals surface area contributed by atoms with Crippen LogP contribution in [0.4, 0.5) is 0 Å². The van der Waals surface area contributed by atoms with Gasteiger partial charge in [-0.1, -0.05) is 13.8 Å². The number of nitrogens with zero attached hydrogens (tertiary/aromatic N) is 1. The van der Waals surface area contributed by atoms with E-state index in [1.807, 2.05) is 13.8 Å². The van der Waals surface area contributed by atoms with Crippen molar-refractivity contribution in [2.45, 2.75) is 26.3 Å². The van der Waals surface area contributed by atoms with Crippen LogP contribution in [0, 0.1) is 11.8 Å². The summed E-state index contributed by atoms with van der Waals surface area (Å²) in [6, 6.07) is 0. The van der Waals surface area contributed by atoms with E-state index in [4.69, 9.17) is 4.74 Å². The molecule has 0 unspecified atom stereocenters. The van der Waals surface area contributed by atoms with Crippen LogP contribution in [-0.2, 0) is 19.1 Å². The highest BCUT2D eigenvalue weighted by atomic mass is 16.5. The molecule has 20 heavy (non-hydrogen) atoms. The summed E-state index contributed by atoms with van der Waals surface area (Å²) in [7, 11) is 0. The topological polar surface area (TPSA) is 63.7 Å². The first kappa shape index (κ1) is 14.5. The maximum atomic E-state index is 12.2. The summed E-state index contributed by atoms with van der Waals surface area (Å²) < 4.78 is 4.98. The van der Waals surface area contributed by atoms with Crippen molar-refractivity contribution in [3.05, 3.63) is 24.3 Å². The standard InChI is InChI=1S/C15H19NO4/c1-4-20-14(19)12-13(18)16(9-10(2)3)15(12)7-5-11(17)6-8-15/h5-8,10,12H,4,9H2,1-3H3/t12-/m1/s1. The smallest absolute Gasteiger partial charge is 0.321 e. The number of allylic oxidation sites excluding steroid dienone is 2. The molecule has 108 valence electrons. The molecule has 1 amide bonds. The highest BCUT2D eigenvalue weighted by Crippen LogP contribution is 2.43. The van der Waals surface area contributed by atoms with Crippen molar-refractivity contribution in [1.82, 2.24) is 4.90 Å². The van der Waals surface area contributed by atoms with Gasteiger partial charge in [0.25, 0.3) is 0 Å². The number of ether oxygens (including phenoxy) is 1. The number of amides is 1. The third-order valence-corrected chi connectivity index (χ3v) is 3.54. The van der Waals surface area contributed by atoms with Crippen LogP contribution < -0.4 is 0 Å². The number of β-lactam (4-membered cyclic amide) rings is 1. The van der Waals surface area contributed by atoms with Crippen molar-refractivity contribution in [1.29, 1.82) is 0 Å². The Balaban J connectivity index is 2.32. The predicted octanol–water partition coefficient (Wildman–Crippen LogP) is 1.10. The van der Waals surface area contributed by atoms with Gasteiger partial charge in [-0.25, -0.2) is 0 Å². The second kappa shape index (κ2) is 5.23. The molecule has 2 rings (SSSR count). The Bertz CT molecular complexity index is 488. The number of hydrogen-bond acceptors (Lipinski definition) is 4. The van der Waals surface area contributed by atoms with Crippen LogP contribution >= 0.6 is 0 Å². The molecule has 1 aliphatic heterocycles. The zero-order valence-corrected chi connectivity index (χ0v) is 12.0.